The number of benzene rings is 1. The maximum absolute atomic E-state index is 11.9. The molecule has 2 rings (SSSR count). The molecule has 1 saturated heterocycles. The highest BCUT2D eigenvalue weighted by atomic mass is 16.5. The first-order valence-electron chi connectivity index (χ1n) is 6.78. The van der Waals surface area contributed by atoms with Crippen LogP contribution in [0.25, 0.3) is 0 Å². The van der Waals surface area contributed by atoms with Crippen LogP contribution in [0.4, 0.5) is 0 Å². The molecule has 1 aliphatic heterocycles. The third-order valence-electron chi connectivity index (χ3n) is 3.75. The second-order valence-corrected chi connectivity index (χ2v) is 5.25. The van der Waals surface area contributed by atoms with Crippen LogP contribution in [0.2, 0.25) is 0 Å². The average Bonchev–Trinajstić information content (AvgIpc) is 2.85. The molecule has 1 heterocycles. The summed E-state index contributed by atoms with van der Waals surface area (Å²) in [5, 5.41) is 9.40. The molecule has 2 atom stereocenters. The van der Waals surface area contributed by atoms with Crippen LogP contribution < -0.4 is 4.74 Å². The Labute approximate surface area is 119 Å². The summed E-state index contributed by atoms with van der Waals surface area (Å²) in [6, 6.07) is 6.59. The number of carbonyl (C=O) groups is 1. The average molecular weight is 279 g/mol. The first-order chi connectivity index (χ1) is 9.60. The van der Waals surface area contributed by atoms with E-state index in [0.29, 0.717) is 5.75 Å². The first-order valence-corrected chi connectivity index (χ1v) is 6.78. The van der Waals surface area contributed by atoms with E-state index >= 15 is 0 Å². The SMILES string of the molecule is COC(=O)C(COc1cccc(O)c1)C1CCN(C)C1. The van der Waals surface area contributed by atoms with Gasteiger partial charge >= 0.3 is 5.97 Å². The van der Waals surface area contributed by atoms with Gasteiger partial charge in [0, 0.05) is 12.6 Å². The number of ether oxygens (including phenoxy) is 2. The molecule has 0 radical (unpaired) electrons. The van der Waals surface area contributed by atoms with Gasteiger partial charge in [-0.25, -0.2) is 0 Å². The first kappa shape index (κ1) is 14.7. The zero-order chi connectivity index (χ0) is 14.5. The van der Waals surface area contributed by atoms with E-state index < -0.39 is 0 Å². The predicted octanol–water partition coefficient (Wildman–Crippen LogP) is 1.51. The number of methoxy groups -OCH3 is 1. The monoisotopic (exact) mass is 279 g/mol. The topological polar surface area (TPSA) is 59.0 Å². The molecule has 1 fully saturated rings. The largest absolute Gasteiger partial charge is 0.508 e. The van der Waals surface area contributed by atoms with Crippen molar-refractivity contribution in [1.29, 1.82) is 0 Å². The van der Waals surface area contributed by atoms with Crippen LogP contribution in [-0.4, -0.2) is 49.8 Å². The fraction of sp³-hybridized carbons (Fsp3) is 0.533. The number of nitrogens with zero attached hydrogens (tertiary/aromatic N) is 1. The number of rotatable bonds is 5. The van der Waals surface area contributed by atoms with Crippen molar-refractivity contribution in [3.63, 3.8) is 0 Å². The molecule has 1 N–H and O–H groups in total. The van der Waals surface area contributed by atoms with Gasteiger partial charge in [0.2, 0.25) is 0 Å². The normalized spacial score (nSPS) is 20.6. The predicted molar refractivity (Wildman–Crippen MR) is 74.7 cm³/mol. The van der Waals surface area contributed by atoms with Gasteiger partial charge in [-0.05, 0) is 38.1 Å². The molecule has 0 bridgehead atoms. The number of aromatic hydroxyl groups is 1. The van der Waals surface area contributed by atoms with E-state index in [9.17, 15) is 9.90 Å². The minimum atomic E-state index is -0.271. The van der Waals surface area contributed by atoms with E-state index in [0.717, 1.165) is 19.5 Å². The Hall–Kier alpha value is -1.75. The van der Waals surface area contributed by atoms with E-state index in [2.05, 4.69) is 4.90 Å². The lowest BCUT2D eigenvalue weighted by atomic mass is 9.92. The van der Waals surface area contributed by atoms with Gasteiger partial charge in [-0.15, -0.1) is 0 Å². The van der Waals surface area contributed by atoms with Gasteiger partial charge in [0.05, 0.1) is 13.0 Å². The molecule has 0 amide bonds. The highest BCUT2D eigenvalue weighted by Gasteiger charge is 2.34. The highest BCUT2D eigenvalue weighted by molar-refractivity contribution is 5.73. The quantitative estimate of drug-likeness (QED) is 0.828. The Bertz CT molecular complexity index is 463. The lowest BCUT2D eigenvalue weighted by molar-refractivity contribution is -0.148. The standard InChI is InChI=1S/C15H21NO4/c1-16-7-6-11(9-16)14(15(18)19-2)10-20-13-5-3-4-12(17)8-13/h3-5,8,11,14,17H,6-7,9-10H2,1-2H3. The molecule has 1 aliphatic rings. The number of likely N-dealkylation sites (tertiary alicyclic amines) is 1. The zero-order valence-corrected chi connectivity index (χ0v) is 11.9. The summed E-state index contributed by atoms with van der Waals surface area (Å²) in [7, 11) is 3.45. The van der Waals surface area contributed by atoms with E-state index in [1.165, 1.54) is 13.2 Å². The van der Waals surface area contributed by atoms with Crippen molar-refractivity contribution in [2.45, 2.75) is 6.42 Å². The van der Waals surface area contributed by atoms with Crippen LogP contribution in [0.5, 0.6) is 11.5 Å². The van der Waals surface area contributed by atoms with Crippen molar-refractivity contribution in [3.8, 4) is 11.5 Å². The van der Waals surface area contributed by atoms with Crippen LogP contribution >= 0.6 is 0 Å². The lowest BCUT2D eigenvalue weighted by Gasteiger charge is -2.21. The van der Waals surface area contributed by atoms with Crippen LogP contribution in [0.1, 0.15) is 6.42 Å². The molecule has 1 aromatic carbocycles. The minimum Gasteiger partial charge on any atom is -0.508 e. The Morgan fingerprint density at radius 2 is 2.35 bits per heavy atom. The second-order valence-electron chi connectivity index (χ2n) is 5.25. The van der Waals surface area contributed by atoms with Gasteiger partial charge < -0.3 is 19.5 Å². The maximum atomic E-state index is 11.9. The van der Waals surface area contributed by atoms with Crippen molar-refractivity contribution in [2.24, 2.45) is 11.8 Å². The molecule has 0 saturated carbocycles. The summed E-state index contributed by atoms with van der Waals surface area (Å²) >= 11 is 0. The number of phenolic OH excluding ortho intramolecular Hbond substituents is 1. The number of hydrogen-bond donors (Lipinski definition) is 1. The third kappa shape index (κ3) is 3.63. The lowest BCUT2D eigenvalue weighted by Crippen LogP contribution is -2.32. The summed E-state index contributed by atoms with van der Waals surface area (Å²) in [5.41, 5.74) is 0. The Morgan fingerprint density at radius 1 is 1.55 bits per heavy atom. The molecule has 0 aromatic heterocycles. The Morgan fingerprint density at radius 3 is 2.95 bits per heavy atom. The molecule has 5 nitrogen and oxygen atoms in total. The van der Waals surface area contributed by atoms with Gasteiger partial charge in [0.15, 0.2) is 0 Å². The van der Waals surface area contributed by atoms with E-state index in [-0.39, 0.29) is 30.2 Å². The molecule has 1 aromatic rings. The Kier molecular flexibility index (Phi) is 4.84. The zero-order valence-electron chi connectivity index (χ0n) is 11.9. The summed E-state index contributed by atoms with van der Waals surface area (Å²) in [6.45, 7) is 2.14. The number of phenols is 1. The molecule has 110 valence electrons. The van der Waals surface area contributed by atoms with Gasteiger partial charge in [0.1, 0.15) is 18.1 Å². The summed E-state index contributed by atoms with van der Waals surface area (Å²) in [4.78, 5) is 14.1. The molecule has 0 spiro atoms. The van der Waals surface area contributed by atoms with Crippen molar-refractivity contribution in [3.05, 3.63) is 24.3 Å². The smallest absolute Gasteiger partial charge is 0.312 e. The van der Waals surface area contributed by atoms with E-state index in [1.54, 1.807) is 18.2 Å². The number of hydrogen-bond acceptors (Lipinski definition) is 5. The fourth-order valence-corrected chi connectivity index (χ4v) is 2.60. The molecule has 5 heteroatoms. The summed E-state index contributed by atoms with van der Waals surface area (Å²) in [6.07, 6.45) is 0.972. The van der Waals surface area contributed by atoms with Gasteiger partial charge in [0.25, 0.3) is 0 Å². The van der Waals surface area contributed by atoms with Crippen LogP contribution in [0.15, 0.2) is 24.3 Å². The molecule has 0 aliphatic carbocycles. The van der Waals surface area contributed by atoms with E-state index in [4.69, 9.17) is 9.47 Å². The summed E-state index contributed by atoms with van der Waals surface area (Å²) in [5.74, 6) is 0.463. The minimum absolute atomic E-state index is 0.151. The van der Waals surface area contributed by atoms with Crippen molar-refractivity contribution in [1.82, 2.24) is 4.90 Å². The van der Waals surface area contributed by atoms with Gasteiger partial charge in [-0.1, -0.05) is 6.07 Å². The fourth-order valence-electron chi connectivity index (χ4n) is 2.60. The number of esters is 1. The van der Waals surface area contributed by atoms with Crippen molar-refractivity contribution >= 4 is 5.97 Å². The Balaban J connectivity index is 1.99. The third-order valence-corrected chi connectivity index (χ3v) is 3.75. The van der Waals surface area contributed by atoms with E-state index in [1.807, 2.05) is 7.05 Å². The van der Waals surface area contributed by atoms with Gasteiger partial charge in [-0.2, -0.15) is 0 Å². The number of carbonyl (C=O) groups excluding carboxylic acids is 1. The molecule has 2 unspecified atom stereocenters. The molecule has 20 heavy (non-hydrogen) atoms. The molecular weight excluding hydrogens is 258 g/mol. The molecular formula is C15H21NO4. The van der Waals surface area contributed by atoms with Gasteiger partial charge in [-0.3, -0.25) is 4.79 Å². The maximum Gasteiger partial charge on any atom is 0.312 e. The van der Waals surface area contributed by atoms with Crippen molar-refractivity contribution in [2.75, 3.05) is 33.9 Å². The van der Waals surface area contributed by atoms with Crippen LogP contribution in [-0.2, 0) is 9.53 Å². The second kappa shape index (κ2) is 6.61. The van der Waals surface area contributed by atoms with Crippen LogP contribution in [0, 0.1) is 11.8 Å². The van der Waals surface area contributed by atoms with Crippen molar-refractivity contribution < 1.29 is 19.4 Å². The van der Waals surface area contributed by atoms with Crippen LogP contribution in [0.3, 0.4) is 0 Å². The summed E-state index contributed by atoms with van der Waals surface area (Å²) < 4.78 is 10.5. The highest BCUT2D eigenvalue weighted by Crippen LogP contribution is 2.26.